The van der Waals surface area contributed by atoms with Crippen molar-refractivity contribution in [3.8, 4) is 0 Å². The van der Waals surface area contributed by atoms with E-state index in [2.05, 4.69) is 15.4 Å². The molecule has 0 fully saturated rings. The van der Waals surface area contributed by atoms with Gasteiger partial charge in [-0.25, -0.2) is 4.79 Å². The third-order valence-corrected chi connectivity index (χ3v) is 2.58. The summed E-state index contributed by atoms with van der Waals surface area (Å²) in [4.78, 5) is 34.0. The summed E-state index contributed by atoms with van der Waals surface area (Å²) in [6.07, 6.45) is -0.709. The number of hydrogen-bond donors (Lipinski definition) is 2. The molecule has 114 valence electrons. The van der Waals surface area contributed by atoms with Crippen molar-refractivity contribution in [1.82, 2.24) is 10.6 Å². The van der Waals surface area contributed by atoms with Crippen LogP contribution in [0.2, 0.25) is 0 Å². The fourth-order valence-electron chi connectivity index (χ4n) is 1.39. The number of carbonyl (C=O) groups is 3. The molecule has 1 unspecified atom stereocenters. The van der Waals surface area contributed by atoms with Crippen LogP contribution in [0.3, 0.4) is 0 Å². The number of rotatable bonds is 6. The number of carbonyl (C=O) groups excluding carboxylic acids is 3. The molecule has 1 atom stereocenters. The Hall–Kier alpha value is -2.57. The molecule has 1 rings (SSSR count). The molecule has 0 saturated heterocycles. The van der Waals surface area contributed by atoms with E-state index in [1.54, 1.807) is 0 Å². The van der Waals surface area contributed by atoms with Crippen molar-refractivity contribution in [1.29, 1.82) is 0 Å². The minimum absolute atomic E-state index is 0.114. The molecule has 1 aromatic carbocycles. The second-order valence-electron chi connectivity index (χ2n) is 4.22. The molecule has 0 aromatic heterocycles. The van der Waals surface area contributed by atoms with Crippen molar-refractivity contribution in [3.63, 3.8) is 0 Å². The summed E-state index contributed by atoms with van der Waals surface area (Å²) < 4.78 is 9.36. The molecule has 0 saturated carbocycles. The average molecular weight is 294 g/mol. The molecule has 0 radical (unpaired) electrons. The van der Waals surface area contributed by atoms with Crippen molar-refractivity contribution < 1.29 is 23.9 Å². The van der Waals surface area contributed by atoms with Crippen molar-refractivity contribution in [2.24, 2.45) is 0 Å². The van der Waals surface area contributed by atoms with Gasteiger partial charge in [0.2, 0.25) is 5.91 Å². The zero-order valence-electron chi connectivity index (χ0n) is 11.9. The van der Waals surface area contributed by atoms with Gasteiger partial charge in [0.15, 0.2) is 0 Å². The van der Waals surface area contributed by atoms with E-state index >= 15 is 0 Å². The first-order chi connectivity index (χ1) is 10.0. The lowest BCUT2D eigenvalue weighted by Crippen LogP contribution is -2.46. The predicted octanol–water partition coefficient (Wildman–Crippen LogP) is 0.591. The number of benzene rings is 1. The molecule has 1 aromatic rings. The standard InChI is InChI=1S/C14H18N2O5/c1-10(13(18)15-8-12(17)20-2)16-14(19)21-9-11-6-4-3-5-7-11/h3-7,10H,8-9H2,1-2H3,(H,15,18)(H,16,19). The van der Waals surface area contributed by atoms with Crippen LogP contribution in [0, 0.1) is 0 Å². The molecular weight excluding hydrogens is 276 g/mol. The largest absolute Gasteiger partial charge is 0.468 e. The van der Waals surface area contributed by atoms with Gasteiger partial charge in [0.25, 0.3) is 0 Å². The predicted molar refractivity (Wildman–Crippen MR) is 74.3 cm³/mol. The van der Waals surface area contributed by atoms with Crippen molar-refractivity contribution in [3.05, 3.63) is 35.9 Å². The quantitative estimate of drug-likeness (QED) is 0.749. The molecule has 0 bridgehead atoms. The van der Waals surface area contributed by atoms with Crippen LogP contribution >= 0.6 is 0 Å². The molecule has 0 spiro atoms. The minimum Gasteiger partial charge on any atom is -0.468 e. The first kappa shape index (κ1) is 16.5. The lowest BCUT2D eigenvalue weighted by molar-refractivity contribution is -0.141. The minimum atomic E-state index is -0.821. The second-order valence-corrected chi connectivity index (χ2v) is 4.22. The van der Waals surface area contributed by atoms with Gasteiger partial charge in [-0.1, -0.05) is 30.3 Å². The lowest BCUT2D eigenvalue weighted by Gasteiger charge is -2.13. The summed E-state index contributed by atoms with van der Waals surface area (Å²) >= 11 is 0. The number of nitrogens with one attached hydrogen (secondary N) is 2. The van der Waals surface area contributed by atoms with Crippen LogP contribution in [0.1, 0.15) is 12.5 Å². The van der Waals surface area contributed by atoms with Gasteiger partial charge in [-0.2, -0.15) is 0 Å². The zero-order chi connectivity index (χ0) is 15.7. The Morgan fingerprint density at radius 2 is 1.86 bits per heavy atom. The third-order valence-electron chi connectivity index (χ3n) is 2.58. The molecule has 7 nitrogen and oxygen atoms in total. The molecule has 2 amide bonds. The van der Waals surface area contributed by atoms with E-state index in [-0.39, 0.29) is 13.2 Å². The van der Waals surface area contributed by atoms with Gasteiger partial charge in [0, 0.05) is 0 Å². The average Bonchev–Trinajstić information content (AvgIpc) is 2.51. The third kappa shape index (κ3) is 6.42. The van der Waals surface area contributed by atoms with Crippen molar-refractivity contribution in [2.45, 2.75) is 19.6 Å². The highest BCUT2D eigenvalue weighted by Crippen LogP contribution is 2.00. The number of amides is 2. The van der Waals surface area contributed by atoms with Crippen LogP contribution in [-0.4, -0.2) is 37.7 Å². The Labute approximate surface area is 122 Å². The van der Waals surface area contributed by atoms with Gasteiger partial charge in [0.05, 0.1) is 7.11 Å². The Kier molecular flexibility index (Phi) is 6.73. The number of ether oxygens (including phenoxy) is 2. The van der Waals surface area contributed by atoms with Crippen molar-refractivity contribution >= 4 is 18.0 Å². The summed E-state index contributed by atoms with van der Waals surface area (Å²) in [6, 6.07) is 8.34. The molecular formula is C14H18N2O5. The summed E-state index contributed by atoms with van der Waals surface area (Å²) in [5.41, 5.74) is 0.843. The monoisotopic (exact) mass is 294 g/mol. The van der Waals surface area contributed by atoms with Gasteiger partial charge >= 0.3 is 12.1 Å². The second kappa shape index (κ2) is 8.57. The van der Waals surface area contributed by atoms with Gasteiger partial charge in [-0.05, 0) is 12.5 Å². The summed E-state index contributed by atoms with van der Waals surface area (Å²) in [6.45, 7) is 1.35. The number of methoxy groups -OCH3 is 1. The van der Waals surface area contributed by atoms with Crippen LogP contribution < -0.4 is 10.6 Å². The van der Waals surface area contributed by atoms with E-state index in [0.717, 1.165) is 5.56 Å². The summed E-state index contributed by atoms with van der Waals surface area (Å²) in [5.74, 6) is -1.07. The van der Waals surface area contributed by atoms with Gasteiger partial charge in [-0.3, -0.25) is 9.59 Å². The maximum Gasteiger partial charge on any atom is 0.408 e. The van der Waals surface area contributed by atoms with E-state index in [1.807, 2.05) is 30.3 Å². The normalized spacial score (nSPS) is 11.1. The van der Waals surface area contributed by atoms with E-state index in [4.69, 9.17) is 4.74 Å². The van der Waals surface area contributed by atoms with E-state index < -0.39 is 24.0 Å². The van der Waals surface area contributed by atoms with Crippen LogP contribution in [0.4, 0.5) is 4.79 Å². The Bertz CT molecular complexity index is 489. The molecule has 7 heteroatoms. The van der Waals surface area contributed by atoms with Gasteiger partial charge in [-0.15, -0.1) is 0 Å². The van der Waals surface area contributed by atoms with Crippen LogP contribution in [0.15, 0.2) is 30.3 Å². The molecule has 2 N–H and O–H groups in total. The van der Waals surface area contributed by atoms with E-state index in [0.29, 0.717) is 0 Å². The fourth-order valence-corrected chi connectivity index (χ4v) is 1.39. The lowest BCUT2D eigenvalue weighted by atomic mass is 10.2. The number of hydrogen-bond acceptors (Lipinski definition) is 5. The molecule has 0 aliphatic rings. The van der Waals surface area contributed by atoms with Crippen LogP contribution in [0.25, 0.3) is 0 Å². The highest BCUT2D eigenvalue weighted by atomic mass is 16.5. The first-order valence-electron chi connectivity index (χ1n) is 6.34. The molecule has 0 aliphatic carbocycles. The number of esters is 1. The first-order valence-corrected chi connectivity index (χ1v) is 6.34. The topological polar surface area (TPSA) is 93.7 Å². The Morgan fingerprint density at radius 3 is 2.48 bits per heavy atom. The molecule has 21 heavy (non-hydrogen) atoms. The summed E-state index contributed by atoms with van der Waals surface area (Å²) in [7, 11) is 1.22. The maximum atomic E-state index is 11.6. The van der Waals surface area contributed by atoms with Crippen LogP contribution in [0.5, 0.6) is 0 Å². The molecule has 0 heterocycles. The number of alkyl carbamates (subject to hydrolysis) is 1. The zero-order valence-corrected chi connectivity index (χ0v) is 11.9. The highest BCUT2D eigenvalue weighted by molar-refractivity contribution is 5.87. The highest BCUT2D eigenvalue weighted by Gasteiger charge is 2.17. The van der Waals surface area contributed by atoms with Gasteiger partial charge in [0.1, 0.15) is 19.2 Å². The van der Waals surface area contributed by atoms with E-state index in [1.165, 1.54) is 14.0 Å². The van der Waals surface area contributed by atoms with Crippen molar-refractivity contribution in [2.75, 3.05) is 13.7 Å². The van der Waals surface area contributed by atoms with Crippen LogP contribution in [-0.2, 0) is 25.7 Å². The Balaban J connectivity index is 2.29. The smallest absolute Gasteiger partial charge is 0.408 e. The fraction of sp³-hybridized carbons (Fsp3) is 0.357. The van der Waals surface area contributed by atoms with Gasteiger partial charge < -0.3 is 20.1 Å². The maximum absolute atomic E-state index is 11.6. The van der Waals surface area contributed by atoms with E-state index in [9.17, 15) is 14.4 Å². The molecule has 0 aliphatic heterocycles. The Morgan fingerprint density at radius 1 is 1.19 bits per heavy atom. The summed E-state index contributed by atoms with van der Waals surface area (Å²) in [5, 5.41) is 4.69. The SMILES string of the molecule is COC(=O)CNC(=O)C(C)NC(=O)OCc1ccccc1.